The first-order chi connectivity index (χ1) is 11.3. The maximum absolute atomic E-state index is 12.5. The lowest BCUT2D eigenvalue weighted by molar-refractivity contribution is -0.126. The molecule has 1 aromatic carbocycles. The normalized spacial score (nSPS) is 16.1. The van der Waals surface area contributed by atoms with Gasteiger partial charge in [0, 0.05) is 35.6 Å². The Labute approximate surface area is 153 Å². The molecule has 4 nitrogen and oxygen atoms in total. The van der Waals surface area contributed by atoms with Gasteiger partial charge >= 0.3 is 0 Å². The summed E-state index contributed by atoms with van der Waals surface area (Å²) < 4.78 is 0.963. The topological polar surface area (TPSA) is 49.4 Å². The maximum Gasteiger partial charge on any atom is 0.253 e. The van der Waals surface area contributed by atoms with Gasteiger partial charge in [0.15, 0.2) is 0 Å². The fourth-order valence-corrected chi connectivity index (χ4v) is 3.09. The first kappa shape index (κ1) is 19.0. The van der Waals surface area contributed by atoms with Crippen LogP contribution in [-0.4, -0.2) is 36.3 Å². The average Bonchev–Trinajstić information content (AvgIpc) is 2.54. The third kappa shape index (κ3) is 5.62. The molecule has 0 aromatic heterocycles. The number of halogens is 1. The fraction of sp³-hybridized carbons (Fsp3) is 0.579. The molecular weight excluding hydrogens is 368 g/mol. The summed E-state index contributed by atoms with van der Waals surface area (Å²) in [5.41, 5.74) is 0.930. The molecule has 0 saturated carbocycles. The molecule has 0 aliphatic carbocycles. The van der Waals surface area contributed by atoms with Crippen LogP contribution < -0.4 is 5.32 Å². The number of piperidine rings is 1. The van der Waals surface area contributed by atoms with Gasteiger partial charge in [0.1, 0.15) is 0 Å². The third-order valence-electron chi connectivity index (χ3n) is 4.42. The van der Waals surface area contributed by atoms with Crippen LogP contribution in [-0.2, 0) is 4.79 Å². The second-order valence-electron chi connectivity index (χ2n) is 7.68. The highest BCUT2D eigenvalue weighted by Gasteiger charge is 2.27. The molecule has 0 bridgehead atoms. The predicted octanol–water partition coefficient (Wildman–Crippen LogP) is 3.85. The van der Waals surface area contributed by atoms with Crippen LogP contribution in [0.25, 0.3) is 0 Å². The van der Waals surface area contributed by atoms with Crippen LogP contribution >= 0.6 is 15.9 Å². The van der Waals surface area contributed by atoms with Gasteiger partial charge in [0.25, 0.3) is 5.91 Å². The zero-order valence-corrected chi connectivity index (χ0v) is 16.4. The first-order valence-electron chi connectivity index (χ1n) is 8.59. The Morgan fingerprint density at radius 1 is 1.17 bits per heavy atom. The summed E-state index contributed by atoms with van der Waals surface area (Å²) in [6, 6.07) is 7.42. The monoisotopic (exact) mass is 394 g/mol. The zero-order chi connectivity index (χ0) is 17.7. The van der Waals surface area contributed by atoms with Gasteiger partial charge in [-0.25, -0.2) is 0 Å². The Morgan fingerprint density at radius 2 is 1.75 bits per heavy atom. The molecule has 1 saturated heterocycles. The number of benzene rings is 1. The van der Waals surface area contributed by atoms with Crippen molar-refractivity contribution in [2.45, 2.75) is 40.0 Å². The van der Waals surface area contributed by atoms with Crippen LogP contribution in [0.1, 0.15) is 50.4 Å². The standard InChI is InChI=1S/C19H27BrN2O2/c1-19(2,3)10-11-21-17(23)14-8-12-22(13-9-14)18(24)15-4-6-16(20)7-5-15/h4-7,14H,8-13H2,1-3H3,(H,21,23). The number of hydrogen-bond acceptors (Lipinski definition) is 2. The lowest BCUT2D eigenvalue weighted by atomic mass is 9.92. The number of carbonyl (C=O) groups is 2. The molecule has 1 aliphatic rings. The summed E-state index contributed by atoms with van der Waals surface area (Å²) in [4.78, 5) is 26.6. The van der Waals surface area contributed by atoms with Crippen molar-refractivity contribution in [3.63, 3.8) is 0 Å². The molecule has 1 heterocycles. The minimum atomic E-state index is 0.0268. The summed E-state index contributed by atoms with van der Waals surface area (Å²) in [6.45, 7) is 8.53. The van der Waals surface area contributed by atoms with E-state index in [1.165, 1.54) is 0 Å². The predicted molar refractivity (Wildman–Crippen MR) is 99.9 cm³/mol. The van der Waals surface area contributed by atoms with Gasteiger partial charge in [-0.1, -0.05) is 36.7 Å². The summed E-state index contributed by atoms with van der Waals surface area (Å²) in [6.07, 6.45) is 2.45. The van der Waals surface area contributed by atoms with Crippen molar-refractivity contribution in [2.24, 2.45) is 11.3 Å². The minimum Gasteiger partial charge on any atom is -0.356 e. The highest BCUT2D eigenvalue weighted by atomic mass is 79.9. The molecule has 0 radical (unpaired) electrons. The van der Waals surface area contributed by atoms with E-state index in [0.717, 1.165) is 30.3 Å². The van der Waals surface area contributed by atoms with Crippen molar-refractivity contribution in [2.75, 3.05) is 19.6 Å². The van der Waals surface area contributed by atoms with Crippen molar-refractivity contribution in [3.05, 3.63) is 34.3 Å². The largest absolute Gasteiger partial charge is 0.356 e. The number of amides is 2. The molecule has 1 N–H and O–H groups in total. The van der Waals surface area contributed by atoms with E-state index in [0.29, 0.717) is 18.7 Å². The van der Waals surface area contributed by atoms with Gasteiger partial charge in [-0.05, 0) is 48.9 Å². The van der Waals surface area contributed by atoms with E-state index in [1.807, 2.05) is 29.2 Å². The highest BCUT2D eigenvalue weighted by molar-refractivity contribution is 9.10. The van der Waals surface area contributed by atoms with Crippen LogP contribution in [0.3, 0.4) is 0 Å². The summed E-state index contributed by atoms with van der Waals surface area (Å²) in [5, 5.41) is 3.04. The fourth-order valence-electron chi connectivity index (χ4n) is 2.82. The van der Waals surface area contributed by atoms with Crippen molar-refractivity contribution < 1.29 is 9.59 Å². The Morgan fingerprint density at radius 3 is 2.29 bits per heavy atom. The van der Waals surface area contributed by atoms with Crippen LogP contribution in [0.15, 0.2) is 28.7 Å². The van der Waals surface area contributed by atoms with Gasteiger partial charge in [-0.15, -0.1) is 0 Å². The molecule has 1 fully saturated rings. The number of likely N-dealkylation sites (tertiary alicyclic amines) is 1. The Hall–Kier alpha value is -1.36. The van der Waals surface area contributed by atoms with Crippen LogP contribution in [0, 0.1) is 11.3 Å². The quantitative estimate of drug-likeness (QED) is 0.842. The Bertz CT molecular complexity index is 570. The summed E-state index contributed by atoms with van der Waals surface area (Å²) in [7, 11) is 0. The minimum absolute atomic E-state index is 0.0268. The van der Waals surface area contributed by atoms with Gasteiger partial charge in [-0.3, -0.25) is 9.59 Å². The number of nitrogens with zero attached hydrogens (tertiary/aromatic N) is 1. The second-order valence-corrected chi connectivity index (χ2v) is 8.59. The van der Waals surface area contributed by atoms with Crippen molar-refractivity contribution in [1.82, 2.24) is 10.2 Å². The lowest BCUT2D eigenvalue weighted by Gasteiger charge is -2.31. The van der Waals surface area contributed by atoms with E-state index in [-0.39, 0.29) is 23.1 Å². The van der Waals surface area contributed by atoms with Gasteiger partial charge in [0.2, 0.25) is 5.91 Å². The van der Waals surface area contributed by atoms with E-state index in [4.69, 9.17) is 0 Å². The first-order valence-corrected chi connectivity index (χ1v) is 9.38. The van der Waals surface area contributed by atoms with E-state index in [1.54, 1.807) is 0 Å². The molecule has 2 rings (SSSR count). The van der Waals surface area contributed by atoms with Gasteiger partial charge in [-0.2, -0.15) is 0 Å². The van der Waals surface area contributed by atoms with E-state index in [2.05, 4.69) is 42.0 Å². The maximum atomic E-state index is 12.5. The van der Waals surface area contributed by atoms with Crippen LogP contribution in [0.4, 0.5) is 0 Å². The number of hydrogen-bond donors (Lipinski definition) is 1. The van der Waals surface area contributed by atoms with E-state index < -0.39 is 0 Å². The van der Waals surface area contributed by atoms with Crippen LogP contribution in [0.5, 0.6) is 0 Å². The number of rotatable bonds is 4. The Balaban J connectivity index is 1.79. The summed E-state index contributed by atoms with van der Waals surface area (Å²) >= 11 is 3.38. The third-order valence-corrected chi connectivity index (χ3v) is 4.95. The summed E-state index contributed by atoms with van der Waals surface area (Å²) in [5.74, 6) is 0.211. The van der Waals surface area contributed by atoms with Gasteiger partial charge < -0.3 is 10.2 Å². The smallest absolute Gasteiger partial charge is 0.253 e. The molecule has 132 valence electrons. The molecule has 1 aliphatic heterocycles. The molecule has 24 heavy (non-hydrogen) atoms. The zero-order valence-electron chi connectivity index (χ0n) is 14.8. The number of nitrogens with one attached hydrogen (secondary N) is 1. The lowest BCUT2D eigenvalue weighted by Crippen LogP contribution is -2.43. The van der Waals surface area contributed by atoms with E-state index >= 15 is 0 Å². The van der Waals surface area contributed by atoms with E-state index in [9.17, 15) is 9.59 Å². The highest BCUT2D eigenvalue weighted by Crippen LogP contribution is 2.21. The van der Waals surface area contributed by atoms with Crippen molar-refractivity contribution in [1.29, 1.82) is 0 Å². The molecule has 0 unspecified atom stereocenters. The molecule has 1 aromatic rings. The van der Waals surface area contributed by atoms with Crippen molar-refractivity contribution in [3.8, 4) is 0 Å². The molecule has 0 atom stereocenters. The Kier molecular flexibility index (Phi) is 6.44. The molecular formula is C19H27BrN2O2. The van der Waals surface area contributed by atoms with Crippen molar-refractivity contribution >= 4 is 27.7 Å². The number of carbonyl (C=O) groups excluding carboxylic acids is 2. The average molecular weight is 395 g/mol. The second kappa shape index (κ2) is 8.15. The molecule has 2 amide bonds. The van der Waals surface area contributed by atoms with Crippen LogP contribution in [0.2, 0.25) is 0 Å². The molecule has 5 heteroatoms. The van der Waals surface area contributed by atoms with Gasteiger partial charge in [0.05, 0.1) is 0 Å². The SMILES string of the molecule is CC(C)(C)CCNC(=O)C1CCN(C(=O)c2ccc(Br)cc2)CC1. The molecule has 0 spiro atoms.